The van der Waals surface area contributed by atoms with Crippen LogP contribution in [0, 0.1) is 5.92 Å². The van der Waals surface area contributed by atoms with Crippen molar-refractivity contribution in [2.24, 2.45) is 5.92 Å². The highest BCUT2D eigenvalue weighted by Gasteiger charge is 2.55. The molecule has 2 fully saturated rings. The maximum atomic E-state index is 12.1. The Morgan fingerprint density at radius 3 is 2.41 bits per heavy atom. The number of hydrogen-bond donors (Lipinski definition) is 0. The molecule has 5 nitrogen and oxygen atoms in total. The van der Waals surface area contributed by atoms with Crippen LogP contribution in [0.15, 0.2) is 0 Å². The van der Waals surface area contributed by atoms with Crippen molar-refractivity contribution in [2.75, 3.05) is 7.11 Å². The van der Waals surface area contributed by atoms with E-state index in [0.29, 0.717) is 6.42 Å². The number of halogens is 3. The molecule has 2 aliphatic rings. The Labute approximate surface area is 96.0 Å². The molecule has 4 unspecified atom stereocenters. The third-order valence-electron chi connectivity index (χ3n) is 2.95. The lowest BCUT2D eigenvalue weighted by Crippen LogP contribution is -2.38. The summed E-state index contributed by atoms with van der Waals surface area (Å²) in [5.41, 5.74) is -5.39. The van der Waals surface area contributed by atoms with Crippen molar-refractivity contribution in [2.45, 2.75) is 36.8 Å². The van der Waals surface area contributed by atoms with Crippen LogP contribution in [0.5, 0.6) is 0 Å². The summed E-state index contributed by atoms with van der Waals surface area (Å²) in [5, 5.41) is 0. The van der Waals surface area contributed by atoms with Gasteiger partial charge in [0, 0.05) is 19.4 Å². The zero-order valence-electron chi connectivity index (χ0n) is 8.81. The van der Waals surface area contributed by atoms with Gasteiger partial charge in [0.25, 0.3) is 0 Å². The van der Waals surface area contributed by atoms with E-state index in [0.717, 1.165) is 0 Å². The maximum Gasteiger partial charge on any atom is 0.523 e. The van der Waals surface area contributed by atoms with Crippen LogP contribution in [0.2, 0.25) is 0 Å². The van der Waals surface area contributed by atoms with Crippen molar-refractivity contribution < 1.29 is 35.2 Å². The van der Waals surface area contributed by atoms with Gasteiger partial charge in [-0.3, -0.25) is 4.18 Å². The molecule has 1 aliphatic heterocycles. The first kappa shape index (κ1) is 13.1. The third kappa shape index (κ3) is 2.28. The van der Waals surface area contributed by atoms with Gasteiger partial charge in [0.05, 0.1) is 12.2 Å². The van der Waals surface area contributed by atoms with Gasteiger partial charge < -0.3 is 9.47 Å². The van der Waals surface area contributed by atoms with Crippen molar-refractivity contribution in [3.63, 3.8) is 0 Å². The summed E-state index contributed by atoms with van der Waals surface area (Å²) in [4.78, 5) is 0. The molecular formula is C8H11F3O5S. The first-order chi connectivity index (χ1) is 7.74. The van der Waals surface area contributed by atoms with E-state index in [9.17, 15) is 21.6 Å². The van der Waals surface area contributed by atoms with Crippen LogP contribution in [-0.2, 0) is 23.8 Å². The van der Waals surface area contributed by atoms with Gasteiger partial charge in [-0.15, -0.1) is 0 Å². The molecule has 2 bridgehead atoms. The van der Waals surface area contributed by atoms with E-state index in [4.69, 9.17) is 9.47 Å². The Morgan fingerprint density at radius 1 is 1.29 bits per heavy atom. The van der Waals surface area contributed by atoms with E-state index in [1.807, 2.05) is 0 Å². The van der Waals surface area contributed by atoms with Crippen molar-refractivity contribution in [3.05, 3.63) is 0 Å². The third-order valence-corrected chi connectivity index (χ3v) is 4.02. The second-order valence-corrected chi connectivity index (χ2v) is 5.60. The van der Waals surface area contributed by atoms with E-state index < -0.39 is 33.9 Å². The average Bonchev–Trinajstić information content (AvgIpc) is 2.73. The Bertz CT molecular complexity index is 392. The van der Waals surface area contributed by atoms with Crippen LogP contribution in [-0.4, -0.2) is 39.5 Å². The fraction of sp³-hybridized carbons (Fsp3) is 1.00. The van der Waals surface area contributed by atoms with Crippen LogP contribution in [0.4, 0.5) is 13.2 Å². The van der Waals surface area contributed by atoms with Gasteiger partial charge in [-0.2, -0.15) is 21.6 Å². The molecule has 17 heavy (non-hydrogen) atoms. The number of ether oxygens (including phenoxy) is 2. The van der Waals surface area contributed by atoms with Crippen molar-refractivity contribution in [3.8, 4) is 0 Å². The van der Waals surface area contributed by atoms with Crippen molar-refractivity contribution in [1.29, 1.82) is 0 Å². The largest absolute Gasteiger partial charge is 0.523 e. The predicted octanol–water partition coefficient (Wildman–Crippen LogP) is 1.00. The zero-order chi connectivity index (χ0) is 12.8. The van der Waals surface area contributed by atoms with Crippen LogP contribution in [0.25, 0.3) is 0 Å². The summed E-state index contributed by atoms with van der Waals surface area (Å²) in [6.45, 7) is 0. The van der Waals surface area contributed by atoms with Crippen LogP contribution < -0.4 is 0 Å². The Hall–Kier alpha value is -0.380. The molecular weight excluding hydrogens is 265 g/mol. The van der Waals surface area contributed by atoms with Gasteiger partial charge in [-0.05, 0) is 6.42 Å². The highest BCUT2D eigenvalue weighted by Crippen LogP contribution is 2.43. The Kier molecular flexibility index (Phi) is 3.13. The maximum absolute atomic E-state index is 12.1. The fourth-order valence-corrected chi connectivity index (χ4v) is 2.89. The van der Waals surface area contributed by atoms with E-state index in [-0.39, 0.29) is 12.5 Å². The topological polar surface area (TPSA) is 61.8 Å². The summed E-state index contributed by atoms with van der Waals surface area (Å²) in [7, 11) is -4.20. The molecule has 1 saturated carbocycles. The monoisotopic (exact) mass is 276 g/mol. The van der Waals surface area contributed by atoms with Crippen molar-refractivity contribution >= 4 is 10.1 Å². The highest BCUT2D eigenvalue weighted by molar-refractivity contribution is 7.87. The molecule has 0 aromatic heterocycles. The summed E-state index contributed by atoms with van der Waals surface area (Å²) >= 11 is 0. The predicted molar refractivity (Wildman–Crippen MR) is 48.2 cm³/mol. The highest BCUT2D eigenvalue weighted by atomic mass is 32.2. The van der Waals surface area contributed by atoms with Gasteiger partial charge in [0.15, 0.2) is 6.29 Å². The first-order valence-corrected chi connectivity index (χ1v) is 6.33. The molecule has 1 aliphatic carbocycles. The van der Waals surface area contributed by atoms with Crippen LogP contribution in [0.1, 0.15) is 12.8 Å². The lowest BCUT2D eigenvalue weighted by molar-refractivity contribution is -0.173. The van der Waals surface area contributed by atoms with Gasteiger partial charge in [-0.25, -0.2) is 0 Å². The minimum absolute atomic E-state index is 0.139. The number of fused-ring (bicyclic) bond motifs is 2. The summed E-state index contributed by atoms with van der Waals surface area (Å²) < 4.78 is 72.5. The number of alkyl halides is 3. The molecule has 2 rings (SSSR count). The minimum atomic E-state index is -5.55. The molecule has 0 amide bonds. The Morgan fingerprint density at radius 2 is 1.94 bits per heavy atom. The number of hydrogen-bond acceptors (Lipinski definition) is 5. The Balaban J connectivity index is 2.07. The molecule has 0 aromatic rings. The summed E-state index contributed by atoms with van der Waals surface area (Å²) in [6, 6.07) is 0. The van der Waals surface area contributed by atoms with E-state index in [2.05, 4.69) is 4.18 Å². The second kappa shape index (κ2) is 4.08. The molecule has 0 spiro atoms. The van der Waals surface area contributed by atoms with Crippen LogP contribution in [0.3, 0.4) is 0 Å². The standard InChI is InChI=1S/C8H11F3O5S/c1-14-7-5-2-4(15-7)3-6(5)16-17(12,13)8(9,10)11/h4-7H,2-3H2,1H3. The quantitative estimate of drug-likeness (QED) is 0.568. The number of rotatable bonds is 3. The molecule has 0 aromatic carbocycles. The smallest absolute Gasteiger partial charge is 0.355 e. The normalized spacial score (nSPS) is 37.6. The average molecular weight is 276 g/mol. The van der Waals surface area contributed by atoms with E-state index in [1.165, 1.54) is 7.11 Å². The minimum Gasteiger partial charge on any atom is -0.355 e. The van der Waals surface area contributed by atoms with Gasteiger partial charge in [-0.1, -0.05) is 0 Å². The molecule has 0 radical (unpaired) electrons. The molecule has 1 saturated heterocycles. The van der Waals surface area contributed by atoms with E-state index >= 15 is 0 Å². The summed E-state index contributed by atoms with van der Waals surface area (Å²) in [5.74, 6) is -0.470. The van der Waals surface area contributed by atoms with Gasteiger partial charge in [0.1, 0.15) is 0 Å². The number of methoxy groups -OCH3 is 1. The van der Waals surface area contributed by atoms with Crippen LogP contribution >= 0.6 is 0 Å². The van der Waals surface area contributed by atoms with Crippen molar-refractivity contribution in [1.82, 2.24) is 0 Å². The lowest BCUT2D eigenvalue weighted by atomic mass is 10.1. The van der Waals surface area contributed by atoms with Gasteiger partial charge in [0.2, 0.25) is 0 Å². The second-order valence-electron chi connectivity index (χ2n) is 4.03. The lowest BCUT2D eigenvalue weighted by Gasteiger charge is -2.27. The molecule has 1 heterocycles. The molecule has 4 atom stereocenters. The fourth-order valence-electron chi connectivity index (χ4n) is 2.23. The molecule has 100 valence electrons. The van der Waals surface area contributed by atoms with Gasteiger partial charge >= 0.3 is 15.6 Å². The molecule has 0 N–H and O–H groups in total. The molecule has 9 heteroatoms. The summed E-state index contributed by atoms with van der Waals surface area (Å²) in [6.07, 6.45) is -1.41. The zero-order valence-corrected chi connectivity index (χ0v) is 9.62. The SMILES string of the molecule is COC1OC2CC(OS(=O)(=O)C(F)(F)F)C1C2. The van der Waals surface area contributed by atoms with E-state index in [1.54, 1.807) is 0 Å². The first-order valence-electron chi connectivity index (χ1n) is 4.92.